The number of ether oxygens (including phenoxy) is 5. The number of rotatable bonds is 14. The Bertz CT molecular complexity index is 6730. The first-order chi connectivity index (χ1) is 64.2. The molecule has 0 saturated heterocycles. The second kappa shape index (κ2) is 35.6. The highest BCUT2D eigenvalue weighted by Gasteiger charge is 2.55. The van der Waals surface area contributed by atoms with Crippen LogP contribution in [0.25, 0.3) is 0 Å². The zero-order chi connectivity index (χ0) is 97.3. The number of carboxylic acids is 2. The summed E-state index contributed by atoms with van der Waals surface area (Å²) < 4.78 is 44.5. The van der Waals surface area contributed by atoms with Gasteiger partial charge in [0.15, 0.2) is 0 Å². The Labute approximate surface area is 814 Å². The standard InChI is InChI=1S/2C29H28ClNO4.C29H30ClNO3.C27H25ClFNO2/c2*1-17-6-5-7-19(25(17)26(32)33)16-31-23-10-9-21(30)15-22(23)29(4,27(31)34)20-8-11-24-18(14-20)12-13-28(2,3)35-24;1-18-7-6-8-26(33-5)22(18)17-31-24-11-10-21(30)16-23(24)29(4,27(31)32)20-9-12-25-19(15-20)13-14-28(2,3)34-25;1-16-11-20(29)15-21(12-16)30-23-7-6-19(28)14-22(23)27(4,25(30)31)18-5-8-24-17(13-18)9-10-26(2,3)32-24/h2*5-11,14-15H,12-13,16H2,1-4H3,(H,32,33);6-12,15-16H,13-14,17H2,1-5H3;5-8,11-15H,9-10H2,1-4H3/t3*29-;27-/m0000/s1. The van der Waals surface area contributed by atoms with Crippen LogP contribution in [0.5, 0.6) is 28.7 Å². The molecule has 0 bridgehead atoms. The first kappa shape index (κ1) is 95.3. The Balaban J connectivity index is 0.000000126. The molecule has 12 aromatic carbocycles. The summed E-state index contributed by atoms with van der Waals surface area (Å²) in [7, 11) is 1.67. The predicted octanol–water partition coefficient (Wildman–Crippen LogP) is 26.1. The van der Waals surface area contributed by atoms with Crippen LogP contribution in [0.1, 0.15) is 235 Å². The van der Waals surface area contributed by atoms with Crippen molar-refractivity contribution in [3.8, 4) is 28.7 Å². The molecule has 0 saturated carbocycles. The number of halogens is 5. The third-order valence-electron chi connectivity index (χ3n) is 28.8. The van der Waals surface area contributed by atoms with Gasteiger partial charge in [0.1, 0.15) is 57.0 Å². The van der Waals surface area contributed by atoms with Crippen molar-refractivity contribution in [1.82, 2.24) is 0 Å². The van der Waals surface area contributed by atoms with Crippen LogP contribution in [0.4, 0.5) is 32.8 Å². The van der Waals surface area contributed by atoms with Gasteiger partial charge in [-0.3, -0.25) is 24.1 Å². The van der Waals surface area contributed by atoms with Crippen molar-refractivity contribution >= 4 is 110 Å². The molecule has 12 aromatic rings. The predicted molar refractivity (Wildman–Crippen MR) is 535 cm³/mol. The molecule has 20 rings (SSSR count). The summed E-state index contributed by atoms with van der Waals surface area (Å²) in [6.45, 7) is 32.7. The van der Waals surface area contributed by atoms with E-state index < -0.39 is 33.6 Å². The van der Waals surface area contributed by atoms with Crippen LogP contribution in [0.3, 0.4) is 0 Å². The molecule has 0 spiro atoms. The number of benzene rings is 12. The highest BCUT2D eigenvalue weighted by molar-refractivity contribution is 6.32. The molecule has 8 aliphatic rings. The maximum absolute atomic E-state index is 14.2. The molecule has 0 aliphatic carbocycles. The van der Waals surface area contributed by atoms with Gasteiger partial charge >= 0.3 is 11.9 Å². The Morgan fingerprint density at radius 1 is 0.368 bits per heavy atom. The van der Waals surface area contributed by atoms with Gasteiger partial charge in [-0.15, -0.1) is 0 Å². The first-order valence-corrected chi connectivity index (χ1v) is 47.6. The maximum Gasteiger partial charge on any atom is 0.336 e. The smallest absolute Gasteiger partial charge is 0.336 e. The van der Waals surface area contributed by atoms with Gasteiger partial charge in [0, 0.05) is 42.7 Å². The Morgan fingerprint density at radius 3 is 1.01 bits per heavy atom. The second-order valence-corrected chi connectivity index (χ2v) is 42.0. The summed E-state index contributed by atoms with van der Waals surface area (Å²) in [5.74, 6) is 1.59. The molecular formula is C114H111Cl4FN4O13. The fraction of sp³-hybridized carbons (Fsp3) is 0.316. The Kier molecular flexibility index (Phi) is 24.9. The molecule has 4 atom stereocenters. The molecule has 0 radical (unpaired) electrons. The molecule has 8 aliphatic heterocycles. The number of hydrogen-bond donors (Lipinski definition) is 2. The quantitative estimate of drug-likeness (QED) is 0.104. The third kappa shape index (κ3) is 17.3. The largest absolute Gasteiger partial charge is 0.496 e. The molecule has 2 N–H and O–H groups in total. The third-order valence-corrected chi connectivity index (χ3v) is 29.8. The van der Waals surface area contributed by atoms with Gasteiger partial charge in [0.2, 0.25) is 23.6 Å². The van der Waals surface area contributed by atoms with Crippen LogP contribution in [-0.4, -0.2) is 75.3 Å². The lowest BCUT2D eigenvalue weighted by Crippen LogP contribution is -2.39. The number of aromatic carboxylic acids is 2. The zero-order valence-corrected chi connectivity index (χ0v) is 82.7. The molecule has 700 valence electrons. The number of amides is 4. The van der Waals surface area contributed by atoms with Crippen LogP contribution >= 0.6 is 46.4 Å². The van der Waals surface area contributed by atoms with E-state index in [1.807, 2.05) is 186 Å². The lowest BCUT2D eigenvalue weighted by Gasteiger charge is -2.34. The van der Waals surface area contributed by atoms with Crippen molar-refractivity contribution in [1.29, 1.82) is 0 Å². The van der Waals surface area contributed by atoms with E-state index in [0.717, 1.165) is 186 Å². The van der Waals surface area contributed by atoms with E-state index in [9.17, 15) is 43.4 Å². The normalized spacial score (nSPS) is 20.5. The molecule has 4 amide bonds. The minimum absolute atomic E-state index is 0.0343. The van der Waals surface area contributed by atoms with Crippen molar-refractivity contribution in [3.05, 3.63) is 361 Å². The summed E-state index contributed by atoms with van der Waals surface area (Å²) in [6, 6.07) is 67.7. The zero-order valence-electron chi connectivity index (χ0n) is 79.6. The number of anilines is 5. The van der Waals surface area contributed by atoms with E-state index in [2.05, 4.69) is 79.7 Å². The number of methoxy groups -OCH3 is 1. The van der Waals surface area contributed by atoms with Gasteiger partial charge < -0.3 is 48.6 Å². The van der Waals surface area contributed by atoms with Gasteiger partial charge in [0.25, 0.3) is 0 Å². The van der Waals surface area contributed by atoms with E-state index in [1.165, 1.54) is 12.1 Å². The maximum atomic E-state index is 14.2. The Morgan fingerprint density at radius 2 is 0.676 bits per heavy atom. The topological polar surface area (TPSA) is 202 Å². The summed E-state index contributed by atoms with van der Waals surface area (Å²) in [5.41, 5.74) is 16.3. The number of fused-ring (bicyclic) bond motifs is 8. The monoisotopic (exact) mass is 1900 g/mol. The number of nitrogens with zero attached hydrogens (tertiary/aromatic N) is 4. The summed E-state index contributed by atoms with van der Waals surface area (Å²) in [4.78, 5) is 87.3. The molecule has 0 unspecified atom stereocenters. The molecular weight excluding hydrogens is 1790 g/mol. The van der Waals surface area contributed by atoms with Gasteiger partial charge in [-0.05, 0) is 384 Å². The fourth-order valence-electron chi connectivity index (χ4n) is 20.9. The molecule has 136 heavy (non-hydrogen) atoms. The SMILES string of the molecule is COc1cccc(C)c1CN1C(=O)[C@@](C)(c2ccc3c(c2)CCC(C)(C)O3)c2cc(Cl)ccc21.Cc1cc(F)cc(N2C(=O)[C@@](C)(c3ccc4c(c3)CCC(C)(C)O4)c3cc(Cl)ccc32)c1.Cc1cccc(CN2C(=O)[C@@](C)(c3ccc4c(c3)CCC(C)(C)O4)c3cc(Cl)ccc32)c1C(=O)O.Cc1cccc(CN2C(=O)[C@@](C)(c3ccc4c(c3)CCC(C)(C)O4)c3cc(Cl)ccc32)c1C(=O)O. The van der Waals surface area contributed by atoms with Gasteiger partial charge in [-0.25, -0.2) is 14.0 Å². The van der Waals surface area contributed by atoms with Crippen molar-refractivity contribution in [2.45, 2.75) is 226 Å². The Hall–Kier alpha value is -12.5. The van der Waals surface area contributed by atoms with Gasteiger partial charge in [-0.2, -0.15) is 0 Å². The lowest BCUT2D eigenvalue weighted by atomic mass is 9.76. The van der Waals surface area contributed by atoms with Crippen LogP contribution in [0, 0.1) is 33.5 Å². The van der Waals surface area contributed by atoms with Crippen LogP contribution in [0.2, 0.25) is 20.1 Å². The van der Waals surface area contributed by atoms with E-state index in [4.69, 9.17) is 70.1 Å². The molecule has 8 heterocycles. The molecule has 0 fully saturated rings. The summed E-state index contributed by atoms with van der Waals surface area (Å²) in [5, 5.41) is 21.9. The minimum atomic E-state index is -0.999. The highest BCUT2D eigenvalue weighted by Crippen LogP contribution is 2.56. The number of carbonyl (C=O) groups is 6. The van der Waals surface area contributed by atoms with Crippen LogP contribution in [-0.2, 0) is 86.2 Å². The number of carboxylic acid groups (broad SMARTS) is 2. The average molecular weight is 1910 g/mol. The summed E-state index contributed by atoms with van der Waals surface area (Å²) >= 11 is 25.6. The average Bonchev–Trinajstić information content (AvgIpc) is 1.57. The van der Waals surface area contributed by atoms with E-state index in [1.54, 1.807) is 78.1 Å². The van der Waals surface area contributed by atoms with E-state index in [0.29, 0.717) is 54.6 Å². The van der Waals surface area contributed by atoms with Crippen LogP contribution < -0.4 is 43.3 Å². The fourth-order valence-corrected chi connectivity index (χ4v) is 21.6. The first-order valence-electron chi connectivity index (χ1n) is 46.1. The molecule has 0 aromatic heterocycles. The van der Waals surface area contributed by atoms with Crippen molar-refractivity contribution in [2.24, 2.45) is 0 Å². The highest BCUT2D eigenvalue weighted by atomic mass is 35.5. The minimum Gasteiger partial charge on any atom is -0.496 e. The molecule has 17 nitrogen and oxygen atoms in total. The van der Waals surface area contributed by atoms with E-state index >= 15 is 0 Å². The van der Waals surface area contributed by atoms with Gasteiger partial charge in [0.05, 0.1) is 70.9 Å². The number of hydrogen-bond acceptors (Lipinski definition) is 11. The van der Waals surface area contributed by atoms with Gasteiger partial charge in [-0.1, -0.05) is 143 Å². The summed E-state index contributed by atoms with van der Waals surface area (Å²) in [6.07, 6.45) is 7.20. The number of aryl methyl sites for hydroxylation is 8. The number of carbonyl (C=O) groups excluding carboxylic acids is 4. The van der Waals surface area contributed by atoms with Crippen molar-refractivity contribution in [3.63, 3.8) is 0 Å². The van der Waals surface area contributed by atoms with Crippen LogP contribution in [0.15, 0.2) is 218 Å². The lowest BCUT2D eigenvalue weighted by molar-refractivity contribution is -0.122. The van der Waals surface area contributed by atoms with Crippen molar-refractivity contribution < 1.29 is 67.1 Å². The second-order valence-electron chi connectivity index (χ2n) is 40.3. The van der Waals surface area contributed by atoms with E-state index in [-0.39, 0.29) is 76.1 Å². The van der Waals surface area contributed by atoms with Crippen molar-refractivity contribution in [2.75, 3.05) is 26.7 Å². The molecule has 22 heteroatoms.